The number of anilines is 1. The van der Waals surface area contributed by atoms with Crippen molar-refractivity contribution >= 4 is 22.5 Å². The summed E-state index contributed by atoms with van der Waals surface area (Å²) >= 11 is 0. The van der Waals surface area contributed by atoms with Gasteiger partial charge in [0.05, 0.1) is 18.2 Å². The molecule has 1 aromatic heterocycles. The fraction of sp³-hybridized carbons (Fsp3) is 0.333. The van der Waals surface area contributed by atoms with Crippen LogP contribution in [0.1, 0.15) is 23.2 Å². The maximum Gasteiger partial charge on any atom is 0.256 e. The zero-order valence-corrected chi connectivity index (χ0v) is 11.6. The van der Waals surface area contributed by atoms with Crippen molar-refractivity contribution in [1.82, 2.24) is 9.88 Å². The van der Waals surface area contributed by atoms with Crippen molar-refractivity contribution in [2.24, 2.45) is 5.84 Å². The van der Waals surface area contributed by atoms with Gasteiger partial charge in [-0.15, -0.1) is 0 Å². The van der Waals surface area contributed by atoms with Gasteiger partial charge in [-0.25, -0.2) is 10.8 Å². The molecule has 3 rings (SSSR count). The normalized spacial score (nSPS) is 18.2. The molecule has 110 valence electrons. The second kappa shape index (κ2) is 5.67. The molecule has 1 unspecified atom stereocenters. The van der Waals surface area contributed by atoms with Crippen molar-refractivity contribution in [3.8, 4) is 0 Å². The molecule has 1 atom stereocenters. The van der Waals surface area contributed by atoms with Crippen LogP contribution in [0.15, 0.2) is 30.5 Å². The number of benzene rings is 1. The van der Waals surface area contributed by atoms with E-state index in [-0.39, 0.29) is 18.6 Å². The van der Waals surface area contributed by atoms with E-state index in [0.29, 0.717) is 17.9 Å². The zero-order chi connectivity index (χ0) is 14.8. The van der Waals surface area contributed by atoms with Gasteiger partial charge in [0.15, 0.2) is 0 Å². The highest BCUT2D eigenvalue weighted by Crippen LogP contribution is 2.27. The molecule has 0 aliphatic carbocycles. The molecule has 0 radical (unpaired) electrons. The third-order valence-electron chi connectivity index (χ3n) is 4.01. The molecule has 1 aliphatic heterocycles. The van der Waals surface area contributed by atoms with Crippen LogP contribution in [0, 0.1) is 0 Å². The Labute approximate surface area is 122 Å². The molecular formula is C15H18N4O2. The van der Waals surface area contributed by atoms with Crippen molar-refractivity contribution in [1.29, 1.82) is 0 Å². The fourth-order valence-electron chi connectivity index (χ4n) is 2.93. The molecular weight excluding hydrogens is 268 g/mol. The van der Waals surface area contributed by atoms with Gasteiger partial charge < -0.3 is 15.4 Å². The summed E-state index contributed by atoms with van der Waals surface area (Å²) in [5, 5.41) is 11.0. The molecule has 1 fully saturated rings. The van der Waals surface area contributed by atoms with E-state index in [1.54, 1.807) is 11.1 Å². The molecule has 2 heterocycles. The second-order valence-corrected chi connectivity index (χ2v) is 5.19. The summed E-state index contributed by atoms with van der Waals surface area (Å²) in [4.78, 5) is 18.7. The molecule has 6 heteroatoms. The van der Waals surface area contributed by atoms with E-state index in [9.17, 15) is 9.90 Å². The minimum Gasteiger partial charge on any atom is -0.394 e. The van der Waals surface area contributed by atoms with Crippen molar-refractivity contribution in [2.75, 3.05) is 18.6 Å². The number of pyridine rings is 1. The van der Waals surface area contributed by atoms with E-state index in [0.717, 1.165) is 23.6 Å². The molecule has 0 spiro atoms. The van der Waals surface area contributed by atoms with Crippen molar-refractivity contribution in [3.63, 3.8) is 0 Å². The minimum atomic E-state index is -0.0939. The number of aliphatic hydroxyl groups is 1. The molecule has 0 bridgehead atoms. The van der Waals surface area contributed by atoms with Crippen LogP contribution in [0.4, 0.5) is 5.82 Å². The average Bonchev–Trinajstić information content (AvgIpc) is 3.01. The number of hydrogen-bond acceptors (Lipinski definition) is 5. The Hall–Kier alpha value is -2.18. The van der Waals surface area contributed by atoms with Crippen LogP contribution in [-0.4, -0.2) is 40.1 Å². The first kappa shape index (κ1) is 13.8. The number of nitrogens with two attached hydrogens (primary N) is 1. The van der Waals surface area contributed by atoms with Gasteiger partial charge in [-0.3, -0.25) is 4.79 Å². The lowest BCUT2D eigenvalue weighted by Crippen LogP contribution is -2.37. The third kappa shape index (κ3) is 2.32. The number of fused-ring (bicyclic) bond motifs is 1. The maximum atomic E-state index is 12.8. The SMILES string of the molecule is NNc1ncc(C(=O)N2CCCC2CO)c2ccccc12. The molecule has 1 amide bonds. The number of hydrogen-bond donors (Lipinski definition) is 3. The van der Waals surface area contributed by atoms with Crippen LogP contribution in [0.25, 0.3) is 10.8 Å². The van der Waals surface area contributed by atoms with Crippen LogP contribution in [0.2, 0.25) is 0 Å². The Kier molecular flexibility index (Phi) is 3.72. The largest absolute Gasteiger partial charge is 0.394 e. The third-order valence-corrected chi connectivity index (χ3v) is 4.01. The number of aliphatic hydroxyl groups excluding tert-OH is 1. The van der Waals surface area contributed by atoms with Crippen molar-refractivity contribution in [3.05, 3.63) is 36.0 Å². The smallest absolute Gasteiger partial charge is 0.256 e. The number of nitrogens with one attached hydrogen (secondary N) is 1. The first-order valence-corrected chi connectivity index (χ1v) is 7.02. The van der Waals surface area contributed by atoms with Gasteiger partial charge in [0.2, 0.25) is 0 Å². The Bertz CT molecular complexity index is 674. The molecule has 2 aromatic rings. The predicted molar refractivity (Wildman–Crippen MR) is 80.7 cm³/mol. The van der Waals surface area contributed by atoms with Crippen LogP contribution in [0.3, 0.4) is 0 Å². The lowest BCUT2D eigenvalue weighted by Gasteiger charge is -2.23. The quantitative estimate of drug-likeness (QED) is 0.581. The first-order chi connectivity index (χ1) is 10.3. The average molecular weight is 286 g/mol. The van der Waals surface area contributed by atoms with Gasteiger partial charge in [0, 0.05) is 18.1 Å². The van der Waals surface area contributed by atoms with E-state index in [2.05, 4.69) is 10.4 Å². The number of nitrogens with zero attached hydrogens (tertiary/aromatic N) is 2. The van der Waals surface area contributed by atoms with Gasteiger partial charge in [0.1, 0.15) is 5.82 Å². The molecule has 21 heavy (non-hydrogen) atoms. The highest BCUT2D eigenvalue weighted by atomic mass is 16.3. The number of amides is 1. The Morgan fingerprint density at radius 1 is 1.43 bits per heavy atom. The van der Waals surface area contributed by atoms with Crippen LogP contribution < -0.4 is 11.3 Å². The second-order valence-electron chi connectivity index (χ2n) is 5.19. The van der Waals surface area contributed by atoms with Crippen LogP contribution in [0.5, 0.6) is 0 Å². The van der Waals surface area contributed by atoms with Crippen molar-refractivity contribution in [2.45, 2.75) is 18.9 Å². The Morgan fingerprint density at radius 3 is 2.90 bits per heavy atom. The number of nitrogen functional groups attached to an aromatic ring is 1. The summed E-state index contributed by atoms with van der Waals surface area (Å²) in [5.74, 6) is 5.93. The van der Waals surface area contributed by atoms with Crippen LogP contribution in [-0.2, 0) is 0 Å². The first-order valence-electron chi connectivity index (χ1n) is 7.02. The molecule has 6 nitrogen and oxygen atoms in total. The summed E-state index contributed by atoms with van der Waals surface area (Å²) in [6, 6.07) is 7.43. The molecule has 1 saturated heterocycles. The van der Waals surface area contributed by atoms with E-state index in [4.69, 9.17) is 5.84 Å². The van der Waals surface area contributed by atoms with E-state index in [1.165, 1.54) is 0 Å². The topological polar surface area (TPSA) is 91.5 Å². The number of likely N-dealkylation sites (tertiary alicyclic amines) is 1. The summed E-state index contributed by atoms with van der Waals surface area (Å²) < 4.78 is 0. The number of hydrazine groups is 1. The minimum absolute atomic E-state index is 0.000456. The van der Waals surface area contributed by atoms with E-state index in [1.807, 2.05) is 24.3 Å². The Morgan fingerprint density at radius 2 is 2.19 bits per heavy atom. The highest BCUT2D eigenvalue weighted by Gasteiger charge is 2.29. The van der Waals surface area contributed by atoms with Gasteiger partial charge in [-0.1, -0.05) is 24.3 Å². The monoisotopic (exact) mass is 286 g/mol. The zero-order valence-electron chi connectivity index (χ0n) is 11.6. The summed E-state index contributed by atoms with van der Waals surface area (Å²) in [7, 11) is 0. The van der Waals surface area contributed by atoms with Gasteiger partial charge in [0.25, 0.3) is 5.91 Å². The Balaban J connectivity index is 2.06. The summed E-state index contributed by atoms with van der Waals surface area (Å²) in [5.41, 5.74) is 3.10. The highest BCUT2D eigenvalue weighted by molar-refractivity contribution is 6.09. The van der Waals surface area contributed by atoms with Crippen molar-refractivity contribution < 1.29 is 9.90 Å². The number of carbonyl (C=O) groups is 1. The van der Waals surface area contributed by atoms with Gasteiger partial charge >= 0.3 is 0 Å². The predicted octanol–water partition coefficient (Wildman–Crippen LogP) is 1.12. The number of carbonyl (C=O) groups excluding carboxylic acids is 1. The summed E-state index contributed by atoms with van der Waals surface area (Å²) in [6.45, 7) is 0.675. The van der Waals surface area contributed by atoms with Crippen LogP contribution >= 0.6 is 0 Å². The molecule has 4 N–H and O–H groups in total. The number of aromatic nitrogens is 1. The maximum absolute atomic E-state index is 12.8. The fourth-order valence-corrected chi connectivity index (χ4v) is 2.93. The molecule has 0 saturated carbocycles. The van der Waals surface area contributed by atoms with Gasteiger partial charge in [-0.2, -0.15) is 0 Å². The number of rotatable bonds is 3. The summed E-state index contributed by atoms with van der Waals surface area (Å²) in [6.07, 6.45) is 3.31. The van der Waals surface area contributed by atoms with E-state index >= 15 is 0 Å². The lowest BCUT2D eigenvalue weighted by molar-refractivity contribution is 0.0679. The van der Waals surface area contributed by atoms with Gasteiger partial charge in [-0.05, 0) is 18.2 Å². The standard InChI is InChI=1S/C15H18N4O2/c16-18-14-12-6-2-1-5-11(12)13(8-17-14)15(21)19-7-3-4-10(19)9-20/h1-2,5-6,8,10,20H,3-4,7,9,16H2,(H,17,18). The van der Waals surface area contributed by atoms with E-state index < -0.39 is 0 Å². The molecule has 1 aliphatic rings. The molecule has 1 aromatic carbocycles. The lowest BCUT2D eigenvalue weighted by atomic mass is 10.1.